The van der Waals surface area contributed by atoms with Crippen LogP contribution in [0.3, 0.4) is 0 Å². The predicted octanol–water partition coefficient (Wildman–Crippen LogP) is 3.42. The Hall–Kier alpha value is -2.65. The first kappa shape index (κ1) is 14.3. The van der Waals surface area contributed by atoms with Gasteiger partial charge in [0.05, 0.1) is 34.6 Å². The normalized spacial score (nSPS) is 10.4. The Balaban J connectivity index is 2.20. The molecule has 6 heteroatoms. The molecule has 3 aromatic rings. The van der Waals surface area contributed by atoms with Gasteiger partial charge < -0.3 is 9.14 Å². The maximum atomic E-state index is 11.5. The van der Waals surface area contributed by atoms with Gasteiger partial charge in [0.2, 0.25) is 0 Å². The van der Waals surface area contributed by atoms with Crippen molar-refractivity contribution in [2.75, 3.05) is 7.11 Å². The molecule has 22 heavy (non-hydrogen) atoms. The third kappa shape index (κ3) is 2.16. The lowest BCUT2D eigenvalue weighted by Crippen LogP contribution is -2.00. The lowest BCUT2D eigenvalue weighted by Gasteiger charge is -2.03. The van der Waals surface area contributed by atoms with E-state index < -0.39 is 5.97 Å². The number of rotatable bonds is 2. The molecule has 0 saturated carbocycles. The molecule has 0 atom stereocenters. The minimum absolute atomic E-state index is 0.391. The Morgan fingerprint density at radius 2 is 2.09 bits per heavy atom. The van der Waals surface area contributed by atoms with Gasteiger partial charge in [-0.2, -0.15) is 5.26 Å². The largest absolute Gasteiger partial charge is 0.465 e. The molecule has 5 nitrogen and oxygen atoms in total. The Kier molecular flexibility index (Phi) is 3.65. The number of carbonyl (C=O) groups is 1. The summed E-state index contributed by atoms with van der Waals surface area (Å²) in [5, 5.41) is 9.49. The van der Waals surface area contributed by atoms with Crippen LogP contribution in [0, 0.1) is 11.3 Å². The van der Waals surface area contributed by atoms with Gasteiger partial charge in [-0.1, -0.05) is 12.1 Å². The van der Waals surface area contributed by atoms with E-state index in [1.54, 1.807) is 42.9 Å². The maximum absolute atomic E-state index is 11.5. The Morgan fingerprint density at radius 1 is 1.36 bits per heavy atom. The lowest BCUT2D eigenvalue weighted by atomic mass is 10.0. The van der Waals surface area contributed by atoms with Crippen molar-refractivity contribution in [3.05, 3.63) is 58.6 Å². The topological polar surface area (TPSA) is 67.4 Å². The smallest absolute Gasteiger partial charge is 0.337 e. The SMILES string of the molecule is COC(=O)c1ccc(-c2c(C#N)c3cnccn3c2Br)cc1. The highest BCUT2D eigenvalue weighted by Gasteiger charge is 2.18. The number of methoxy groups -OCH3 is 1. The molecule has 0 N–H and O–H groups in total. The molecular weight excluding hydrogens is 346 g/mol. The number of nitriles is 1. The number of carbonyl (C=O) groups excluding carboxylic acids is 1. The lowest BCUT2D eigenvalue weighted by molar-refractivity contribution is 0.0601. The molecule has 0 bridgehead atoms. The zero-order valence-electron chi connectivity index (χ0n) is 11.6. The van der Waals surface area contributed by atoms with Crippen molar-refractivity contribution in [1.29, 1.82) is 5.26 Å². The van der Waals surface area contributed by atoms with Crippen molar-refractivity contribution in [1.82, 2.24) is 9.38 Å². The average Bonchev–Trinajstić information content (AvgIpc) is 2.87. The summed E-state index contributed by atoms with van der Waals surface area (Å²) in [4.78, 5) is 15.6. The summed E-state index contributed by atoms with van der Waals surface area (Å²) < 4.78 is 7.31. The van der Waals surface area contributed by atoms with Gasteiger partial charge >= 0.3 is 5.97 Å². The number of halogens is 1. The number of fused-ring (bicyclic) bond motifs is 1. The van der Waals surface area contributed by atoms with E-state index in [9.17, 15) is 10.1 Å². The Bertz CT molecular complexity index is 908. The Labute approximate surface area is 134 Å². The molecule has 0 aliphatic heterocycles. The molecule has 0 aliphatic carbocycles. The van der Waals surface area contributed by atoms with Gasteiger partial charge in [-0.3, -0.25) is 4.98 Å². The van der Waals surface area contributed by atoms with Crippen LogP contribution in [0.2, 0.25) is 0 Å². The predicted molar refractivity (Wildman–Crippen MR) is 84.4 cm³/mol. The fourth-order valence-corrected chi connectivity index (χ4v) is 3.07. The minimum Gasteiger partial charge on any atom is -0.465 e. The molecule has 0 spiro atoms. The summed E-state index contributed by atoms with van der Waals surface area (Å²) in [5.74, 6) is -0.391. The summed E-state index contributed by atoms with van der Waals surface area (Å²) >= 11 is 3.53. The van der Waals surface area contributed by atoms with E-state index in [0.717, 1.165) is 21.2 Å². The van der Waals surface area contributed by atoms with Gasteiger partial charge in [0, 0.05) is 18.0 Å². The second-order valence-corrected chi connectivity index (χ2v) is 5.30. The zero-order valence-corrected chi connectivity index (χ0v) is 13.2. The molecule has 0 saturated heterocycles. The zero-order chi connectivity index (χ0) is 15.7. The number of hydrogen-bond donors (Lipinski definition) is 0. The van der Waals surface area contributed by atoms with Crippen molar-refractivity contribution in [3.63, 3.8) is 0 Å². The number of ether oxygens (including phenoxy) is 1. The van der Waals surface area contributed by atoms with Crippen LogP contribution < -0.4 is 0 Å². The van der Waals surface area contributed by atoms with Crippen molar-refractivity contribution in [3.8, 4) is 17.2 Å². The summed E-state index contributed by atoms with van der Waals surface area (Å²) in [5.41, 5.74) is 3.33. The molecule has 0 radical (unpaired) electrons. The van der Waals surface area contributed by atoms with Crippen LogP contribution in [0.1, 0.15) is 15.9 Å². The van der Waals surface area contributed by atoms with Gasteiger partial charge in [0.15, 0.2) is 0 Å². The van der Waals surface area contributed by atoms with Crippen LogP contribution in [0.5, 0.6) is 0 Å². The van der Waals surface area contributed by atoms with Gasteiger partial charge in [-0.05, 0) is 33.6 Å². The number of benzene rings is 1. The first-order valence-corrected chi connectivity index (χ1v) is 7.19. The molecule has 0 aliphatic rings. The number of esters is 1. The molecule has 0 amide bonds. The quantitative estimate of drug-likeness (QED) is 0.660. The fourth-order valence-electron chi connectivity index (χ4n) is 2.34. The van der Waals surface area contributed by atoms with Crippen molar-refractivity contribution in [2.24, 2.45) is 0 Å². The van der Waals surface area contributed by atoms with E-state index in [0.29, 0.717) is 11.1 Å². The molecule has 2 heterocycles. The molecule has 1 aromatic carbocycles. The highest BCUT2D eigenvalue weighted by atomic mass is 79.9. The first-order chi connectivity index (χ1) is 10.7. The second-order valence-electron chi connectivity index (χ2n) is 4.55. The minimum atomic E-state index is -0.391. The van der Waals surface area contributed by atoms with Crippen LogP contribution >= 0.6 is 15.9 Å². The van der Waals surface area contributed by atoms with Gasteiger partial charge in [0.25, 0.3) is 0 Å². The number of hydrogen-bond acceptors (Lipinski definition) is 4. The van der Waals surface area contributed by atoms with E-state index >= 15 is 0 Å². The van der Waals surface area contributed by atoms with E-state index in [4.69, 9.17) is 0 Å². The van der Waals surface area contributed by atoms with E-state index in [-0.39, 0.29) is 0 Å². The van der Waals surface area contributed by atoms with Gasteiger partial charge in [-0.25, -0.2) is 4.79 Å². The van der Waals surface area contributed by atoms with Crippen molar-refractivity contribution < 1.29 is 9.53 Å². The second kappa shape index (κ2) is 5.62. The maximum Gasteiger partial charge on any atom is 0.337 e. The van der Waals surface area contributed by atoms with E-state index in [2.05, 4.69) is 31.7 Å². The molecule has 3 rings (SSSR count). The summed E-state index contributed by atoms with van der Waals surface area (Å²) in [7, 11) is 1.34. The van der Waals surface area contributed by atoms with Crippen LogP contribution in [-0.4, -0.2) is 22.5 Å². The van der Waals surface area contributed by atoms with Crippen LogP contribution in [0.4, 0.5) is 0 Å². The average molecular weight is 356 g/mol. The number of nitrogens with zero attached hydrogens (tertiary/aromatic N) is 3. The number of aromatic nitrogens is 2. The van der Waals surface area contributed by atoms with Crippen LogP contribution in [0.15, 0.2) is 47.5 Å². The molecular formula is C16H10BrN3O2. The summed E-state index contributed by atoms with van der Waals surface area (Å²) in [6.45, 7) is 0. The highest BCUT2D eigenvalue weighted by Crippen LogP contribution is 2.36. The molecule has 0 unspecified atom stereocenters. The van der Waals surface area contributed by atoms with E-state index in [1.165, 1.54) is 7.11 Å². The van der Waals surface area contributed by atoms with Crippen LogP contribution in [-0.2, 0) is 4.74 Å². The third-order valence-corrected chi connectivity index (χ3v) is 4.17. The third-order valence-electron chi connectivity index (χ3n) is 3.39. The van der Waals surface area contributed by atoms with E-state index in [1.807, 2.05) is 4.40 Å². The van der Waals surface area contributed by atoms with Crippen molar-refractivity contribution in [2.45, 2.75) is 0 Å². The van der Waals surface area contributed by atoms with Gasteiger partial charge in [-0.15, -0.1) is 0 Å². The van der Waals surface area contributed by atoms with Crippen LogP contribution in [0.25, 0.3) is 16.6 Å². The molecule has 108 valence electrons. The Morgan fingerprint density at radius 3 is 2.73 bits per heavy atom. The standard InChI is InChI=1S/C16H10BrN3O2/c1-22-16(21)11-4-2-10(3-5-11)14-12(8-18)13-9-19-6-7-20(13)15(14)17/h2-7,9H,1H3. The highest BCUT2D eigenvalue weighted by molar-refractivity contribution is 9.10. The van der Waals surface area contributed by atoms with Crippen molar-refractivity contribution >= 4 is 27.4 Å². The summed E-state index contributed by atoms with van der Waals surface area (Å²) in [6.07, 6.45) is 5.09. The molecule has 2 aromatic heterocycles. The van der Waals surface area contributed by atoms with Gasteiger partial charge in [0.1, 0.15) is 6.07 Å². The molecule has 0 fully saturated rings. The monoisotopic (exact) mass is 355 g/mol. The fraction of sp³-hybridized carbons (Fsp3) is 0.0625. The summed E-state index contributed by atoms with van der Waals surface area (Å²) in [6, 6.07) is 9.16. The first-order valence-electron chi connectivity index (χ1n) is 6.39.